The van der Waals surface area contributed by atoms with Gasteiger partial charge in [0.15, 0.2) is 0 Å². The molecule has 4 rings (SSSR count). The highest BCUT2D eigenvalue weighted by Crippen LogP contribution is 2.21. The van der Waals surface area contributed by atoms with Crippen molar-refractivity contribution in [3.05, 3.63) is 17.5 Å². The number of piperidine rings is 1. The summed E-state index contributed by atoms with van der Waals surface area (Å²) in [4.78, 5) is 15.2. The summed E-state index contributed by atoms with van der Waals surface area (Å²) in [5.74, 6) is 0.0191. The largest absolute Gasteiger partial charge is 0.378 e. The van der Waals surface area contributed by atoms with Gasteiger partial charge in [0, 0.05) is 6.54 Å². The Hall–Kier alpha value is -1.40. The third-order valence-electron chi connectivity index (χ3n) is 5.45. The van der Waals surface area contributed by atoms with Crippen LogP contribution in [-0.2, 0) is 17.7 Å². The first-order chi connectivity index (χ1) is 11.3. The minimum atomic E-state index is 0.0191. The number of fused-ring (bicyclic) bond motifs is 1. The lowest BCUT2D eigenvalue weighted by molar-refractivity contribution is 0.0898. The molecule has 23 heavy (non-hydrogen) atoms. The standard InChI is InChI=1S/C17H26N4O2/c22-17(13-10-18-21-9-5-2-6-15(13)21)19-14-11-23-12-16(14)20-7-3-1-4-8-20/h10,14,16H,1-9,11-12H2,(H,19,22)/t14-,16-/m1/s1. The van der Waals surface area contributed by atoms with E-state index in [0.29, 0.717) is 12.6 Å². The van der Waals surface area contributed by atoms with Crippen molar-refractivity contribution in [2.75, 3.05) is 26.3 Å². The van der Waals surface area contributed by atoms with Crippen molar-refractivity contribution in [2.45, 2.75) is 57.2 Å². The number of hydrogen-bond acceptors (Lipinski definition) is 4. The Kier molecular flexibility index (Phi) is 4.35. The smallest absolute Gasteiger partial charge is 0.255 e. The normalized spacial score (nSPS) is 28.5. The molecule has 1 amide bonds. The predicted molar refractivity (Wildman–Crippen MR) is 86.5 cm³/mol. The van der Waals surface area contributed by atoms with E-state index in [1.54, 1.807) is 6.20 Å². The van der Waals surface area contributed by atoms with Gasteiger partial charge in [0.05, 0.1) is 42.8 Å². The number of nitrogens with zero attached hydrogens (tertiary/aromatic N) is 3. The molecule has 0 spiro atoms. The summed E-state index contributed by atoms with van der Waals surface area (Å²) in [6.07, 6.45) is 8.84. The van der Waals surface area contributed by atoms with Crippen molar-refractivity contribution in [1.82, 2.24) is 20.0 Å². The van der Waals surface area contributed by atoms with Gasteiger partial charge in [0.2, 0.25) is 0 Å². The molecule has 6 heteroatoms. The second-order valence-electron chi connectivity index (χ2n) is 6.97. The van der Waals surface area contributed by atoms with Gasteiger partial charge in [-0.3, -0.25) is 14.4 Å². The van der Waals surface area contributed by atoms with E-state index in [1.165, 1.54) is 19.3 Å². The van der Waals surface area contributed by atoms with Crippen molar-refractivity contribution >= 4 is 5.91 Å². The van der Waals surface area contributed by atoms with Crippen LogP contribution in [0.25, 0.3) is 0 Å². The fraction of sp³-hybridized carbons (Fsp3) is 0.765. The van der Waals surface area contributed by atoms with Gasteiger partial charge in [-0.1, -0.05) is 6.42 Å². The minimum absolute atomic E-state index is 0.0191. The van der Waals surface area contributed by atoms with Crippen LogP contribution in [0.15, 0.2) is 6.20 Å². The minimum Gasteiger partial charge on any atom is -0.378 e. The summed E-state index contributed by atoms with van der Waals surface area (Å²) in [6.45, 7) is 4.55. The molecule has 2 fully saturated rings. The molecule has 0 unspecified atom stereocenters. The molecule has 4 heterocycles. The molecule has 0 bridgehead atoms. The van der Waals surface area contributed by atoms with E-state index in [-0.39, 0.29) is 11.9 Å². The molecule has 1 N–H and O–H groups in total. The Morgan fingerprint density at radius 1 is 1.13 bits per heavy atom. The van der Waals surface area contributed by atoms with Crippen LogP contribution in [-0.4, -0.2) is 59.0 Å². The van der Waals surface area contributed by atoms with Crippen molar-refractivity contribution < 1.29 is 9.53 Å². The number of aromatic nitrogens is 2. The van der Waals surface area contributed by atoms with Crippen LogP contribution < -0.4 is 5.32 Å². The molecule has 2 saturated heterocycles. The fourth-order valence-corrected chi connectivity index (χ4v) is 4.15. The number of likely N-dealkylation sites (tertiary alicyclic amines) is 1. The van der Waals surface area contributed by atoms with Crippen LogP contribution in [0.2, 0.25) is 0 Å². The number of carbonyl (C=O) groups excluding carboxylic acids is 1. The number of ether oxygens (including phenoxy) is 1. The Bertz CT molecular complexity index is 565. The zero-order chi connectivity index (χ0) is 15.6. The first kappa shape index (κ1) is 15.1. The van der Waals surface area contributed by atoms with Crippen molar-refractivity contribution in [3.8, 4) is 0 Å². The Morgan fingerprint density at radius 2 is 1.96 bits per heavy atom. The zero-order valence-electron chi connectivity index (χ0n) is 13.7. The average Bonchev–Trinajstić information content (AvgIpc) is 3.22. The molecule has 0 aliphatic carbocycles. The van der Waals surface area contributed by atoms with Crippen LogP contribution in [0.4, 0.5) is 0 Å². The van der Waals surface area contributed by atoms with Gasteiger partial charge in [0.1, 0.15) is 0 Å². The van der Waals surface area contributed by atoms with Gasteiger partial charge in [-0.25, -0.2) is 0 Å². The second kappa shape index (κ2) is 6.61. The second-order valence-corrected chi connectivity index (χ2v) is 6.97. The maximum Gasteiger partial charge on any atom is 0.255 e. The zero-order valence-corrected chi connectivity index (χ0v) is 13.7. The molecule has 1 aromatic rings. The Balaban J connectivity index is 1.44. The van der Waals surface area contributed by atoms with Gasteiger partial charge in [-0.05, 0) is 45.2 Å². The van der Waals surface area contributed by atoms with Crippen LogP contribution in [0.1, 0.15) is 48.2 Å². The monoisotopic (exact) mass is 318 g/mol. The lowest BCUT2D eigenvalue weighted by atomic mass is 10.0. The predicted octanol–water partition coefficient (Wildman–Crippen LogP) is 1.20. The summed E-state index contributed by atoms with van der Waals surface area (Å²) in [5, 5.41) is 7.60. The number of rotatable bonds is 3. The number of amides is 1. The van der Waals surface area contributed by atoms with E-state index in [4.69, 9.17) is 4.74 Å². The molecule has 0 radical (unpaired) electrons. The summed E-state index contributed by atoms with van der Waals surface area (Å²) >= 11 is 0. The first-order valence-corrected chi connectivity index (χ1v) is 9.00. The summed E-state index contributed by atoms with van der Waals surface area (Å²) in [7, 11) is 0. The molecule has 2 atom stereocenters. The number of hydrogen-bond donors (Lipinski definition) is 1. The highest BCUT2D eigenvalue weighted by atomic mass is 16.5. The SMILES string of the molecule is O=C(N[C@@H]1COC[C@H]1N1CCCCC1)c1cnn2c1CCCC2. The maximum absolute atomic E-state index is 12.7. The molecule has 3 aliphatic heterocycles. The van der Waals surface area contributed by atoms with E-state index >= 15 is 0 Å². The molecular formula is C17H26N4O2. The molecule has 0 aromatic carbocycles. The molecular weight excluding hydrogens is 292 g/mol. The summed E-state index contributed by atoms with van der Waals surface area (Å²) in [5.41, 5.74) is 1.86. The summed E-state index contributed by atoms with van der Waals surface area (Å²) in [6, 6.07) is 0.422. The van der Waals surface area contributed by atoms with Crippen LogP contribution in [0, 0.1) is 0 Å². The lowest BCUT2D eigenvalue weighted by Gasteiger charge is -2.34. The Labute approximate surface area is 137 Å². The van der Waals surface area contributed by atoms with Gasteiger partial charge in [-0.15, -0.1) is 0 Å². The lowest BCUT2D eigenvalue weighted by Crippen LogP contribution is -2.52. The summed E-state index contributed by atoms with van der Waals surface area (Å²) < 4.78 is 7.67. The molecule has 3 aliphatic rings. The maximum atomic E-state index is 12.7. The van der Waals surface area contributed by atoms with E-state index in [2.05, 4.69) is 15.3 Å². The van der Waals surface area contributed by atoms with E-state index in [9.17, 15) is 4.79 Å². The van der Waals surface area contributed by atoms with E-state index in [1.807, 2.05) is 4.68 Å². The average molecular weight is 318 g/mol. The highest BCUT2D eigenvalue weighted by molar-refractivity contribution is 5.95. The third-order valence-corrected chi connectivity index (χ3v) is 5.45. The van der Waals surface area contributed by atoms with Crippen LogP contribution in [0.5, 0.6) is 0 Å². The van der Waals surface area contributed by atoms with Crippen LogP contribution >= 0.6 is 0 Å². The fourth-order valence-electron chi connectivity index (χ4n) is 4.15. The number of aryl methyl sites for hydroxylation is 1. The van der Waals surface area contributed by atoms with E-state index < -0.39 is 0 Å². The quantitative estimate of drug-likeness (QED) is 0.910. The first-order valence-electron chi connectivity index (χ1n) is 9.00. The topological polar surface area (TPSA) is 59.4 Å². The van der Waals surface area contributed by atoms with Gasteiger partial charge in [-0.2, -0.15) is 5.10 Å². The van der Waals surface area contributed by atoms with Gasteiger partial charge >= 0.3 is 0 Å². The Morgan fingerprint density at radius 3 is 2.83 bits per heavy atom. The van der Waals surface area contributed by atoms with Gasteiger partial charge < -0.3 is 10.1 Å². The highest BCUT2D eigenvalue weighted by Gasteiger charge is 2.35. The third kappa shape index (κ3) is 3.02. The van der Waals surface area contributed by atoms with Gasteiger partial charge in [0.25, 0.3) is 5.91 Å². The van der Waals surface area contributed by atoms with Crippen LogP contribution in [0.3, 0.4) is 0 Å². The number of carbonyl (C=O) groups is 1. The van der Waals surface area contributed by atoms with Crippen molar-refractivity contribution in [2.24, 2.45) is 0 Å². The number of nitrogens with one attached hydrogen (secondary N) is 1. The molecule has 0 saturated carbocycles. The van der Waals surface area contributed by atoms with E-state index in [0.717, 1.165) is 56.8 Å². The molecule has 6 nitrogen and oxygen atoms in total. The van der Waals surface area contributed by atoms with Crippen molar-refractivity contribution in [3.63, 3.8) is 0 Å². The molecule has 126 valence electrons. The molecule has 1 aromatic heterocycles. The van der Waals surface area contributed by atoms with Crippen molar-refractivity contribution in [1.29, 1.82) is 0 Å².